The van der Waals surface area contributed by atoms with E-state index in [1.165, 1.54) is 5.56 Å². The number of amides is 1. The van der Waals surface area contributed by atoms with Crippen LogP contribution in [0, 0.1) is 5.92 Å². The van der Waals surface area contributed by atoms with Crippen molar-refractivity contribution in [2.75, 3.05) is 37.7 Å². The van der Waals surface area contributed by atoms with E-state index in [0.717, 1.165) is 39.0 Å². The van der Waals surface area contributed by atoms with E-state index in [4.69, 9.17) is 0 Å². The predicted octanol–water partition coefficient (Wildman–Crippen LogP) is 1.12. The van der Waals surface area contributed by atoms with Crippen LogP contribution in [0.25, 0.3) is 0 Å². The Balaban J connectivity index is 1.30. The van der Waals surface area contributed by atoms with E-state index in [-0.39, 0.29) is 17.9 Å². The maximum absolute atomic E-state index is 12.7. The van der Waals surface area contributed by atoms with E-state index in [1.54, 1.807) is 0 Å². The lowest BCUT2D eigenvalue weighted by Crippen LogP contribution is -2.52. The van der Waals surface area contributed by atoms with Gasteiger partial charge in [-0.3, -0.25) is 9.69 Å². The van der Waals surface area contributed by atoms with E-state index in [9.17, 15) is 13.2 Å². The van der Waals surface area contributed by atoms with Crippen LogP contribution >= 0.6 is 0 Å². The number of carbonyl (C=O) groups excluding carboxylic acids is 1. The Morgan fingerprint density at radius 2 is 1.75 bits per heavy atom. The number of piperazine rings is 1. The SMILES string of the molecule is O=C([C@@H]1C[C@@H]1c1ccccc1)N1CCN([C@@H]2CCS(=O)(=O)C2)CC1. The van der Waals surface area contributed by atoms with Gasteiger partial charge >= 0.3 is 0 Å². The van der Waals surface area contributed by atoms with Crippen molar-refractivity contribution in [2.45, 2.75) is 24.8 Å². The highest BCUT2D eigenvalue weighted by Crippen LogP contribution is 2.48. The fourth-order valence-corrected chi connectivity index (χ4v) is 5.90. The number of hydrogen-bond acceptors (Lipinski definition) is 4. The van der Waals surface area contributed by atoms with E-state index in [0.29, 0.717) is 17.4 Å². The van der Waals surface area contributed by atoms with Gasteiger partial charge in [0.15, 0.2) is 9.84 Å². The van der Waals surface area contributed by atoms with Crippen molar-refractivity contribution in [3.8, 4) is 0 Å². The van der Waals surface area contributed by atoms with Gasteiger partial charge in [-0.15, -0.1) is 0 Å². The number of hydrogen-bond donors (Lipinski definition) is 0. The van der Waals surface area contributed by atoms with Crippen molar-refractivity contribution in [1.29, 1.82) is 0 Å². The summed E-state index contributed by atoms with van der Waals surface area (Å²) in [4.78, 5) is 16.9. The standard InChI is InChI=1S/C18H24N2O3S/c21-18(17-12-16(17)14-4-2-1-3-5-14)20-9-7-19(8-10-20)15-6-11-24(22,23)13-15/h1-5,15-17H,6-13H2/t15-,16-,17-/m1/s1. The molecule has 1 saturated carbocycles. The van der Waals surface area contributed by atoms with E-state index in [1.807, 2.05) is 23.1 Å². The topological polar surface area (TPSA) is 57.7 Å². The van der Waals surface area contributed by atoms with E-state index in [2.05, 4.69) is 17.0 Å². The highest BCUT2D eigenvalue weighted by molar-refractivity contribution is 7.91. The lowest BCUT2D eigenvalue weighted by Gasteiger charge is -2.37. The molecule has 3 atom stereocenters. The van der Waals surface area contributed by atoms with Gasteiger partial charge < -0.3 is 4.90 Å². The number of rotatable bonds is 3. The molecule has 4 rings (SSSR count). The van der Waals surface area contributed by atoms with Crippen molar-refractivity contribution >= 4 is 15.7 Å². The molecule has 2 aliphatic heterocycles. The summed E-state index contributed by atoms with van der Waals surface area (Å²) in [6, 6.07) is 10.4. The molecule has 5 nitrogen and oxygen atoms in total. The van der Waals surface area contributed by atoms with Crippen LogP contribution in [0.3, 0.4) is 0 Å². The van der Waals surface area contributed by atoms with Crippen LogP contribution in [0.2, 0.25) is 0 Å². The Labute approximate surface area is 143 Å². The molecule has 1 aliphatic carbocycles. The maximum Gasteiger partial charge on any atom is 0.226 e. The Kier molecular flexibility index (Phi) is 4.12. The average Bonchev–Trinajstić information content (AvgIpc) is 3.32. The molecule has 0 bridgehead atoms. The van der Waals surface area contributed by atoms with Crippen LogP contribution in [0.15, 0.2) is 30.3 Å². The largest absolute Gasteiger partial charge is 0.340 e. The molecule has 1 aromatic rings. The highest BCUT2D eigenvalue weighted by Gasteiger charge is 2.46. The summed E-state index contributed by atoms with van der Waals surface area (Å²) in [6.07, 6.45) is 1.71. The molecule has 130 valence electrons. The van der Waals surface area contributed by atoms with Gasteiger partial charge in [0.2, 0.25) is 5.91 Å². The number of sulfone groups is 1. The molecule has 0 N–H and O–H groups in total. The van der Waals surface area contributed by atoms with E-state index < -0.39 is 9.84 Å². The normalized spacial score (nSPS) is 32.7. The molecule has 3 fully saturated rings. The first-order valence-electron chi connectivity index (χ1n) is 8.82. The molecule has 6 heteroatoms. The molecule has 3 aliphatic rings. The zero-order valence-corrected chi connectivity index (χ0v) is 14.6. The summed E-state index contributed by atoms with van der Waals surface area (Å²) in [6.45, 7) is 3.06. The summed E-state index contributed by atoms with van der Waals surface area (Å²) in [5.74, 6) is 1.42. The number of benzene rings is 1. The monoisotopic (exact) mass is 348 g/mol. The average molecular weight is 348 g/mol. The molecule has 0 unspecified atom stereocenters. The Morgan fingerprint density at radius 1 is 1.04 bits per heavy atom. The van der Waals surface area contributed by atoms with Crippen molar-refractivity contribution in [2.24, 2.45) is 5.92 Å². The van der Waals surface area contributed by atoms with Crippen LogP contribution in [0.4, 0.5) is 0 Å². The first kappa shape index (κ1) is 16.1. The van der Waals surface area contributed by atoms with Crippen molar-refractivity contribution in [3.05, 3.63) is 35.9 Å². The zero-order valence-electron chi connectivity index (χ0n) is 13.8. The third-order valence-electron chi connectivity index (χ3n) is 5.69. The highest BCUT2D eigenvalue weighted by atomic mass is 32.2. The Hall–Kier alpha value is -1.40. The molecular formula is C18H24N2O3S. The summed E-state index contributed by atoms with van der Waals surface area (Å²) < 4.78 is 23.3. The van der Waals surface area contributed by atoms with E-state index >= 15 is 0 Å². The molecule has 0 spiro atoms. The van der Waals surface area contributed by atoms with Gasteiger partial charge in [-0.05, 0) is 24.3 Å². The van der Waals surface area contributed by atoms with Crippen LogP contribution in [-0.4, -0.2) is 67.9 Å². The third kappa shape index (κ3) is 3.22. The second kappa shape index (κ2) is 6.15. The van der Waals surface area contributed by atoms with Crippen LogP contribution < -0.4 is 0 Å². The van der Waals surface area contributed by atoms with Gasteiger partial charge in [0.1, 0.15) is 0 Å². The first-order valence-corrected chi connectivity index (χ1v) is 10.6. The predicted molar refractivity (Wildman–Crippen MR) is 92.5 cm³/mol. The van der Waals surface area contributed by atoms with Crippen LogP contribution in [0.5, 0.6) is 0 Å². The summed E-state index contributed by atoms with van der Waals surface area (Å²) in [5.41, 5.74) is 1.27. The molecule has 0 aromatic heterocycles. The molecule has 1 aromatic carbocycles. The second-order valence-electron chi connectivity index (χ2n) is 7.28. The molecular weight excluding hydrogens is 324 g/mol. The Bertz CT molecular complexity index is 711. The fourth-order valence-electron chi connectivity index (χ4n) is 4.14. The van der Waals surface area contributed by atoms with Gasteiger partial charge in [0.25, 0.3) is 0 Å². The first-order chi connectivity index (χ1) is 11.5. The third-order valence-corrected chi connectivity index (χ3v) is 7.44. The summed E-state index contributed by atoms with van der Waals surface area (Å²) in [7, 11) is -2.84. The van der Waals surface area contributed by atoms with Gasteiger partial charge in [-0.1, -0.05) is 30.3 Å². The van der Waals surface area contributed by atoms with Crippen molar-refractivity contribution in [3.63, 3.8) is 0 Å². The minimum absolute atomic E-state index is 0.144. The quantitative estimate of drug-likeness (QED) is 0.821. The molecule has 24 heavy (non-hydrogen) atoms. The molecule has 1 amide bonds. The number of nitrogens with zero attached hydrogens (tertiary/aromatic N) is 2. The summed E-state index contributed by atoms with van der Waals surface area (Å²) in [5, 5.41) is 0. The van der Waals surface area contributed by atoms with Crippen LogP contribution in [-0.2, 0) is 14.6 Å². The summed E-state index contributed by atoms with van der Waals surface area (Å²) >= 11 is 0. The minimum Gasteiger partial charge on any atom is -0.340 e. The number of carbonyl (C=O) groups is 1. The molecule has 2 saturated heterocycles. The van der Waals surface area contributed by atoms with Crippen molar-refractivity contribution in [1.82, 2.24) is 9.80 Å². The second-order valence-corrected chi connectivity index (χ2v) is 9.51. The maximum atomic E-state index is 12.7. The van der Waals surface area contributed by atoms with Crippen molar-refractivity contribution < 1.29 is 13.2 Å². The lowest BCUT2D eigenvalue weighted by atomic mass is 10.1. The van der Waals surface area contributed by atoms with Crippen LogP contribution in [0.1, 0.15) is 24.3 Å². The zero-order chi connectivity index (χ0) is 16.7. The van der Waals surface area contributed by atoms with Gasteiger partial charge in [-0.25, -0.2) is 8.42 Å². The van der Waals surface area contributed by atoms with Gasteiger partial charge in [0, 0.05) is 38.1 Å². The minimum atomic E-state index is -2.84. The van der Waals surface area contributed by atoms with Gasteiger partial charge in [0.05, 0.1) is 11.5 Å². The van der Waals surface area contributed by atoms with Gasteiger partial charge in [-0.2, -0.15) is 0 Å². The molecule has 2 heterocycles. The smallest absolute Gasteiger partial charge is 0.226 e. The lowest BCUT2D eigenvalue weighted by molar-refractivity contribution is -0.134. The fraction of sp³-hybridized carbons (Fsp3) is 0.611. The molecule has 0 radical (unpaired) electrons. The Morgan fingerprint density at radius 3 is 2.38 bits per heavy atom.